The van der Waals surface area contributed by atoms with Crippen LogP contribution in [0.25, 0.3) is 0 Å². The van der Waals surface area contributed by atoms with Crippen molar-refractivity contribution >= 4 is 11.3 Å². The zero-order valence-corrected chi connectivity index (χ0v) is 12.3. The first-order valence-corrected chi connectivity index (χ1v) is 7.39. The average Bonchev–Trinajstić information content (AvgIpc) is 2.88. The van der Waals surface area contributed by atoms with Crippen LogP contribution in [0.1, 0.15) is 41.5 Å². The minimum atomic E-state index is -0.602. The van der Waals surface area contributed by atoms with E-state index in [4.69, 9.17) is 4.74 Å². The molecule has 1 atom stereocenters. The average molecular weight is 274 g/mol. The van der Waals surface area contributed by atoms with E-state index in [9.17, 15) is 5.11 Å². The van der Waals surface area contributed by atoms with Gasteiger partial charge in [-0.25, -0.2) is 0 Å². The minimum absolute atomic E-state index is 0.179. The number of thiophene rings is 1. The molecule has 1 aliphatic rings. The summed E-state index contributed by atoms with van der Waals surface area (Å²) < 4.78 is 6.03. The van der Waals surface area contributed by atoms with Gasteiger partial charge in [0.2, 0.25) is 0 Å². The number of rotatable bonds is 2. The van der Waals surface area contributed by atoms with E-state index in [2.05, 4.69) is 19.9 Å². The molecule has 3 rings (SSSR count). The first-order valence-electron chi connectivity index (χ1n) is 6.51. The second kappa shape index (κ2) is 4.36. The van der Waals surface area contributed by atoms with Gasteiger partial charge in [0.15, 0.2) is 0 Å². The van der Waals surface area contributed by atoms with Gasteiger partial charge >= 0.3 is 0 Å². The topological polar surface area (TPSA) is 29.5 Å². The standard InChI is InChI=1S/C16H18O2S/c1-10-12(7-8-19-10)14(17)13-6-4-5-11-9-16(2,3)18-15(11)13/h4-8,14,17H,9H2,1-3H3. The maximum absolute atomic E-state index is 10.6. The quantitative estimate of drug-likeness (QED) is 0.901. The fraction of sp³-hybridized carbons (Fsp3) is 0.375. The number of para-hydroxylation sites is 1. The van der Waals surface area contributed by atoms with Crippen LogP contribution < -0.4 is 4.74 Å². The van der Waals surface area contributed by atoms with Gasteiger partial charge in [-0.05, 0) is 43.3 Å². The van der Waals surface area contributed by atoms with E-state index in [0.717, 1.165) is 28.2 Å². The van der Waals surface area contributed by atoms with Crippen LogP contribution in [0.4, 0.5) is 0 Å². The second-order valence-electron chi connectivity index (χ2n) is 5.71. The molecular formula is C16H18O2S. The van der Waals surface area contributed by atoms with Gasteiger partial charge in [0.1, 0.15) is 17.5 Å². The molecule has 0 amide bonds. The van der Waals surface area contributed by atoms with Crippen molar-refractivity contribution in [3.05, 3.63) is 51.2 Å². The number of fused-ring (bicyclic) bond motifs is 1. The van der Waals surface area contributed by atoms with Gasteiger partial charge in [0.25, 0.3) is 0 Å². The molecule has 1 aromatic heterocycles. The van der Waals surface area contributed by atoms with E-state index in [-0.39, 0.29) is 5.60 Å². The highest BCUT2D eigenvalue weighted by Gasteiger charge is 2.33. The molecule has 0 saturated heterocycles. The van der Waals surface area contributed by atoms with E-state index in [1.807, 2.05) is 30.5 Å². The van der Waals surface area contributed by atoms with Crippen molar-refractivity contribution in [2.45, 2.75) is 38.9 Å². The fourth-order valence-electron chi connectivity index (χ4n) is 2.70. The predicted molar refractivity (Wildman–Crippen MR) is 78.0 cm³/mol. The van der Waals surface area contributed by atoms with Crippen molar-refractivity contribution < 1.29 is 9.84 Å². The van der Waals surface area contributed by atoms with Gasteiger partial charge < -0.3 is 9.84 Å². The summed E-state index contributed by atoms with van der Waals surface area (Å²) in [5.74, 6) is 0.866. The van der Waals surface area contributed by atoms with Gasteiger partial charge in [-0.3, -0.25) is 0 Å². The zero-order valence-electron chi connectivity index (χ0n) is 11.4. The Balaban J connectivity index is 2.04. The van der Waals surface area contributed by atoms with Crippen molar-refractivity contribution in [2.75, 3.05) is 0 Å². The number of benzene rings is 1. The highest BCUT2D eigenvalue weighted by Crippen LogP contribution is 2.42. The molecule has 2 heterocycles. The summed E-state index contributed by atoms with van der Waals surface area (Å²) in [5.41, 5.74) is 2.87. The molecular weight excluding hydrogens is 256 g/mol. The Morgan fingerprint density at radius 3 is 2.74 bits per heavy atom. The first-order chi connectivity index (χ1) is 8.98. The SMILES string of the molecule is Cc1sccc1C(O)c1cccc2c1OC(C)(C)C2. The number of aliphatic hydroxyl groups excluding tert-OH is 1. The summed E-state index contributed by atoms with van der Waals surface area (Å²) in [4.78, 5) is 1.15. The van der Waals surface area contributed by atoms with Gasteiger partial charge in [-0.1, -0.05) is 18.2 Å². The molecule has 100 valence electrons. The summed E-state index contributed by atoms with van der Waals surface area (Å²) in [6.45, 7) is 6.20. The summed E-state index contributed by atoms with van der Waals surface area (Å²) in [7, 11) is 0. The lowest BCUT2D eigenvalue weighted by Gasteiger charge is -2.20. The third kappa shape index (κ3) is 2.17. The lowest BCUT2D eigenvalue weighted by atomic mass is 9.97. The summed E-state index contributed by atoms with van der Waals surface area (Å²) in [6.07, 6.45) is 0.293. The van der Waals surface area contributed by atoms with E-state index in [0.29, 0.717) is 0 Å². The normalized spacial score (nSPS) is 17.9. The van der Waals surface area contributed by atoms with Gasteiger partial charge in [0.05, 0.1) is 0 Å². The molecule has 1 unspecified atom stereocenters. The summed E-state index contributed by atoms with van der Waals surface area (Å²) in [5, 5.41) is 12.6. The largest absolute Gasteiger partial charge is 0.487 e. The third-order valence-electron chi connectivity index (χ3n) is 3.61. The number of ether oxygens (including phenoxy) is 1. The Bertz CT molecular complexity index is 613. The van der Waals surface area contributed by atoms with Gasteiger partial charge in [-0.2, -0.15) is 0 Å². The van der Waals surface area contributed by atoms with E-state index >= 15 is 0 Å². The summed E-state index contributed by atoms with van der Waals surface area (Å²) >= 11 is 1.66. The number of aryl methyl sites for hydroxylation is 1. The number of hydrogen-bond acceptors (Lipinski definition) is 3. The maximum atomic E-state index is 10.6. The van der Waals surface area contributed by atoms with Gasteiger partial charge in [0, 0.05) is 16.9 Å². The molecule has 1 N–H and O–H groups in total. The molecule has 0 saturated carbocycles. The van der Waals surface area contributed by atoms with Crippen LogP contribution in [0.2, 0.25) is 0 Å². The number of aliphatic hydroxyl groups is 1. The lowest BCUT2D eigenvalue weighted by Crippen LogP contribution is -2.25. The van der Waals surface area contributed by atoms with E-state index in [1.165, 1.54) is 5.56 Å². The highest BCUT2D eigenvalue weighted by molar-refractivity contribution is 7.10. The first kappa shape index (κ1) is 12.7. The van der Waals surface area contributed by atoms with Crippen LogP contribution in [0, 0.1) is 6.92 Å². The third-order valence-corrected chi connectivity index (χ3v) is 4.47. The molecule has 0 spiro atoms. The Kier molecular flexibility index (Phi) is 2.91. The molecule has 3 heteroatoms. The fourth-order valence-corrected chi connectivity index (χ4v) is 3.44. The molecule has 19 heavy (non-hydrogen) atoms. The Hall–Kier alpha value is -1.32. The smallest absolute Gasteiger partial charge is 0.129 e. The van der Waals surface area contributed by atoms with Gasteiger partial charge in [-0.15, -0.1) is 11.3 Å². The molecule has 0 fully saturated rings. The van der Waals surface area contributed by atoms with Crippen molar-refractivity contribution in [3.63, 3.8) is 0 Å². The minimum Gasteiger partial charge on any atom is -0.487 e. The lowest BCUT2D eigenvalue weighted by molar-refractivity contribution is 0.131. The molecule has 1 aliphatic heterocycles. The number of hydrogen-bond donors (Lipinski definition) is 1. The molecule has 0 aliphatic carbocycles. The van der Waals surface area contributed by atoms with Crippen molar-refractivity contribution in [3.8, 4) is 5.75 Å². The molecule has 1 aromatic carbocycles. The van der Waals surface area contributed by atoms with Crippen LogP contribution in [0.5, 0.6) is 5.75 Å². The van der Waals surface area contributed by atoms with Crippen molar-refractivity contribution in [2.24, 2.45) is 0 Å². The van der Waals surface area contributed by atoms with E-state index in [1.54, 1.807) is 11.3 Å². The molecule has 0 bridgehead atoms. The molecule has 2 aromatic rings. The van der Waals surface area contributed by atoms with Crippen LogP contribution in [-0.2, 0) is 6.42 Å². The van der Waals surface area contributed by atoms with Crippen molar-refractivity contribution in [1.29, 1.82) is 0 Å². The van der Waals surface area contributed by atoms with E-state index < -0.39 is 6.10 Å². The highest BCUT2D eigenvalue weighted by atomic mass is 32.1. The molecule has 0 radical (unpaired) electrons. The van der Waals surface area contributed by atoms with Crippen LogP contribution in [-0.4, -0.2) is 10.7 Å². The van der Waals surface area contributed by atoms with Crippen LogP contribution in [0.15, 0.2) is 29.6 Å². The summed E-state index contributed by atoms with van der Waals surface area (Å²) in [6, 6.07) is 8.04. The molecule has 2 nitrogen and oxygen atoms in total. The second-order valence-corrected chi connectivity index (χ2v) is 6.83. The zero-order chi connectivity index (χ0) is 13.6. The van der Waals surface area contributed by atoms with Crippen LogP contribution >= 0.6 is 11.3 Å². The Morgan fingerprint density at radius 1 is 1.26 bits per heavy atom. The van der Waals surface area contributed by atoms with Crippen molar-refractivity contribution in [1.82, 2.24) is 0 Å². The Labute approximate surface area is 117 Å². The maximum Gasteiger partial charge on any atom is 0.129 e. The monoisotopic (exact) mass is 274 g/mol. The predicted octanol–water partition coefficient (Wildman–Crippen LogP) is 3.85. The Morgan fingerprint density at radius 2 is 2.05 bits per heavy atom. The van der Waals surface area contributed by atoms with Crippen LogP contribution in [0.3, 0.4) is 0 Å².